The number of aliphatic imine (C=N–C) groups is 1. The highest BCUT2D eigenvalue weighted by molar-refractivity contribution is 5.34. The molecule has 0 N–H and O–H groups in total. The Kier molecular flexibility index (Phi) is 6.84. The van der Waals surface area contributed by atoms with E-state index in [2.05, 4.69) is 18.3 Å². The number of hydrogen-bond acceptors (Lipinski definition) is 2. The van der Waals surface area contributed by atoms with Crippen LogP contribution in [0.5, 0.6) is 0 Å². The van der Waals surface area contributed by atoms with Crippen molar-refractivity contribution in [2.24, 2.45) is 4.99 Å². The molecule has 0 unspecified atom stereocenters. The fourth-order valence-electron chi connectivity index (χ4n) is 2.06. The lowest BCUT2D eigenvalue weighted by atomic mass is 10.0. The highest BCUT2D eigenvalue weighted by atomic mass is 19.4. The molecular weight excluding hydrogens is 346 g/mol. The molecule has 2 nitrogen and oxygen atoms in total. The Balaban J connectivity index is 3.26. The summed E-state index contributed by atoms with van der Waals surface area (Å²) in [6.07, 6.45) is -5.47. The number of allylic oxidation sites excluding steroid dienone is 1. The topological polar surface area (TPSA) is 15.6 Å². The van der Waals surface area contributed by atoms with Crippen LogP contribution in [-0.2, 0) is 18.9 Å². The van der Waals surface area contributed by atoms with Crippen molar-refractivity contribution in [1.82, 2.24) is 4.90 Å². The molecule has 0 saturated heterocycles. The van der Waals surface area contributed by atoms with E-state index in [1.165, 1.54) is 4.90 Å². The third-order valence-electron chi connectivity index (χ3n) is 3.30. The van der Waals surface area contributed by atoms with E-state index in [9.17, 15) is 26.3 Å². The third-order valence-corrected chi connectivity index (χ3v) is 3.30. The average Bonchev–Trinajstić information content (AvgIpc) is 2.51. The lowest BCUT2D eigenvalue weighted by Gasteiger charge is -2.24. The van der Waals surface area contributed by atoms with E-state index in [1.807, 2.05) is 13.0 Å². The first-order valence-electron chi connectivity index (χ1n) is 7.33. The van der Waals surface area contributed by atoms with E-state index in [1.54, 1.807) is 6.08 Å². The summed E-state index contributed by atoms with van der Waals surface area (Å²) in [4.78, 5) is 5.05. The van der Waals surface area contributed by atoms with E-state index in [-0.39, 0.29) is 30.5 Å². The van der Waals surface area contributed by atoms with E-state index in [0.717, 1.165) is 6.42 Å². The molecule has 0 aliphatic carbocycles. The van der Waals surface area contributed by atoms with Crippen LogP contribution < -0.4 is 0 Å². The molecule has 0 fully saturated rings. The van der Waals surface area contributed by atoms with Crippen LogP contribution in [0.3, 0.4) is 0 Å². The van der Waals surface area contributed by atoms with Crippen molar-refractivity contribution in [2.45, 2.75) is 32.2 Å². The summed E-state index contributed by atoms with van der Waals surface area (Å²) < 4.78 is 77.5. The zero-order valence-corrected chi connectivity index (χ0v) is 13.6. The fourth-order valence-corrected chi connectivity index (χ4v) is 2.06. The second-order valence-corrected chi connectivity index (χ2v) is 5.25. The summed E-state index contributed by atoms with van der Waals surface area (Å²) in [7, 11) is 0. The zero-order chi connectivity index (χ0) is 19.3. The van der Waals surface area contributed by atoms with Gasteiger partial charge in [0, 0.05) is 13.1 Å². The van der Waals surface area contributed by atoms with Crippen molar-refractivity contribution >= 4 is 6.72 Å². The summed E-state index contributed by atoms with van der Waals surface area (Å²) in [5.74, 6) is 0.159. The highest BCUT2D eigenvalue weighted by Gasteiger charge is 2.36. The van der Waals surface area contributed by atoms with Gasteiger partial charge in [0.2, 0.25) is 0 Å². The van der Waals surface area contributed by atoms with Gasteiger partial charge in [-0.25, -0.2) is 4.99 Å². The van der Waals surface area contributed by atoms with E-state index in [4.69, 9.17) is 0 Å². The maximum atomic E-state index is 12.9. The summed E-state index contributed by atoms with van der Waals surface area (Å²) in [6.45, 7) is 8.82. The Bertz CT molecular complexity index is 611. The van der Waals surface area contributed by atoms with Crippen LogP contribution in [0, 0.1) is 0 Å². The first-order chi connectivity index (χ1) is 11.5. The van der Waals surface area contributed by atoms with Gasteiger partial charge in [0.05, 0.1) is 11.1 Å². The third kappa shape index (κ3) is 6.28. The predicted octanol–water partition coefficient (Wildman–Crippen LogP) is 5.66. The first-order valence-corrected chi connectivity index (χ1v) is 7.33. The molecule has 0 aromatic heterocycles. The molecule has 8 heteroatoms. The number of benzene rings is 1. The molecule has 1 aromatic rings. The molecule has 25 heavy (non-hydrogen) atoms. The zero-order valence-electron chi connectivity index (χ0n) is 13.6. The summed E-state index contributed by atoms with van der Waals surface area (Å²) in [5.41, 5.74) is -2.84. The van der Waals surface area contributed by atoms with Crippen molar-refractivity contribution in [3.05, 3.63) is 59.4 Å². The van der Waals surface area contributed by atoms with Gasteiger partial charge in [-0.1, -0.05) is 25.7 Å². The molecule has 0 heterocycles. The Morgan fingerprint density at radius 3 is 1.96 bits per heavy atom. The largest absolute Gasteiger partial charge is 0.416 e. The Morgan fingerprint density at radius 1 is 1.04 bits per heavy atom. The van der Waals surface area contributed by atoms with Crippen molar-refractivity contribution in [3.63, 3.8) is 0 Å². The number of halogens is 6. The maximum absolute atomic E-state index is 12.9. The highest BCUT2D eigenvalue weighted by Crippen LogP contribution is 2.36. The second-order valence-electron chi connectivity index (χ2n) is 5.25. The Labute approximate surface area is 142 Å². The second kappa shape index (κ2) is 8.22. The Hall–Kier alpha value is -2.25. The molecular formula is C17H18F6N2. The van der Waals surface area contributed by atoms with Crippen molar-refractivity contribution in [3.8, 4) is 0 Å². The molecule has 0 spiro atoms. The summed E-state index contributed by atoms with van der Waals surface area (Å²) in [5, 5.41) is 0. The summed E-state index contributed by atoms with van der Waals surface area (Å²) >= 11 is 0. The van der Waals surface area contributed by atoms with Crippen molar-refractivity contribution in [1.29, 1.82) is 0 Å². The van der Waals surface area contributed by atoms with Crippen molar-refractivity contribution < 1.29 is 26.3 Å². The molecule has 0 amide bonds. The Morgan fingerprint density at radius 2 is 1.56 bits per heavy atom. The van der Waals surface area contributed by atoms with Gasteiger partial charge in [0.15, 0.2) is 0 Å². The molecule has 0 aliphatic rings. The van der Waals surface area contributed by atoms with Crippen LogP contribution in [0.15, 0.2) is 47.7 Å². The number of hydrogen-bond donors (Lipinski definition) is 0. The molecule has 0 bridgehead atoms. The van der Waals surface area contributed by atoms with Crippen LogP contribution in [0.4, 0.5) is 26.3 Å². The number of rotatable bonds is 7. The first kappa shape index (κ1) is 20.8. The number of nitrogens with zero attached hydrogens (tertiary/aromatic N) is 2. The van der Waals surface area contributed by atoms with Crippen LogP contribution >= 0.6 is 0 Å². The molecule has 0 aliphatic heterocycles. The number of alkyl halides is 6. The smallest absolute Gasteiger partial charge is 0.349 e. The molecule has 138 valence electrons. The minimum atomic E-state index is -4.88. The minimum absolute atomic E-state index is 0.103. The molecule has 0 radical (unpaired) electrons. The lowest BCUT2D eigenvalue weighted by Crippen LogP contribution is -2.22. The predicted molar refractivity (Wildman–Crippen MR) is 85.0 cm³/mol. The van der Waals surface area contributed by atoms with Gasteiger partial charge < -0.3 is 4.90 Å². The lowest BCUT2D eigenvalue weighted by molar-refractivity contribution is -0.143. The van der Waals surface area contributed by atoms with Crippen LogP contribution in [0.25, 0.3) is 0 Å². The van der Waals surface area contributed by atoms with Gasteiger partial charge in [-0.15, -0.1) is 0 Å². The van der Waals surface area contributed by atoms with Crippen LogP contribution in [0.2, 0.25) is 0 Å². The van der Waals surface area contributed by atoms with Gasteiger partial charge in [-0.3, -0.25) is 0 Å². The fraction of sp³-hybridized carbons (Fsp3) is 0.353. The minimum Gasteiger partial charge on any atom is -0.349 e. The summed E-state index contributed by atoms with van der Waals surface area (Å²) in [6, 6.07) is 1.50. The van der Waals surface area contributed by atoms with Crippen LogP contribution in [-0.4, -0.2) is 18.2 Å². The molecule has 0 saturated carbocycles. The van der Waals surface area contributed by atoms with Gasteiger partial charge in [0.25, 0.3) is 0 Å². The quantitative estimate of drug-likeness (QED) is 0.346. The normalized spacial score (nSPS) is 12.4. The van der Waals surface area contributed by atoms with Crippen molar-refractivity contribution in [2.75, 3.05) is 6.54 Å². The van der Waals surface area contributed by atoms with Gasteiger partial charge in [-0.2, -0.15) is 26.3 Å². The van der Waals surface area contributed by atoms with Gasteiger partial charge in [0.1, 0.15) is 5.82 Å². The van der Waals surface area contributed by atoms with E-state index >= 15 is 0 Å². The van der Waals surface area contributed by atoms with Gasteiger partial charge in [-0.05, 0) is 36.9 Å². The van der Waals surface area contributed by atoms with Crippen LogP contribution in [0.1, 0.15) is 30.0 Å². The van der Waals surface area contributed by atoms with E-state index < -0.39 is 23.5 Å². The molecule has 1 rings (SSSR count). The van der Waals surface area contributed by atoms with Gasteiger partial charge >= 0.3 is 12.4 Å². The van der Waals surface area contributed by atoms with E-state index in [0.29, 0.717) is 12.1 Å². The SMILES string of the molecule is C=NC(=C)N(C/C=C/CC)Cc1cc(C(F)(F)F)cc(C(F)(F)F)c1. The standard InChI is InChI=1S/C17H18F6N2/c1-4-5-6-7-25(12(2)24-3)11-13-8-14(16(18,19)20)10-15(9-13)17(21,22)23/h5-6,8-10H,2-4,7,11H2,1H3/b6-5+. The molecule has 1 aromatic carbocycles. The monoisotopic (exact) mass is 364 g/mol. The average molecular weight is 364 g/mol. The maximum Gasteiger partial charge on any atom is 0.416 e. The molecule has 0 atom stereocenters.